The Morgan fingerprint density at radius 3 is 2.78 bits per heavy atom. The highest BCUT2D eigenvalue weighted by Crippen LogP contribution is 2.22. The van der Waals surface area contributed by atoms with E-state index in [1.165, 1.54) is 18.4 Å². The van der Waals surface area contributed by atoms with Crippen LogP contribution in [-0.4, -0.2) is 12.6 Å². The quantitative estimate of drug-likeness (QED) is 0.851. The Bertz CT molecular complexity index is 450. The fraction of sp³-hybridized carbons (Fsp3) is 0.467. The van der Waals surface area contributed by atoms with Gasteiger partial charge in [0.05, 0.1) is 4.47 Å². The molecule has 0 saturated heterocycles. The summed E-state index contributed by atoms with van der Waals surface area (Å²) in [6, 6.07) is 5.97. The third-order valence-electron chi connectivity index (χ3n) is 3.21. The van der Waals surface area contributed by atoms with Crippen LogP contribution >= 0.6 is 15.9 Å². The zero-order chi connectivity index (χ0) is 13.1. The Balaban J connectivity index is 2.11. The van der Waals surface area contributed by atoms with Gasteiger partial charge in [0.25, 0.3) is 0 Å². The third kappa shape index (κ3) is 3.92. The summed E-state index contributed by atoms with van der Waals surface area (Å²) in [7, 11) is 0. The summed E-state index contributed by atoms with van der Waals surface area (Å²) in [5.74, 6) is 0.268. The van der Waals surface area contributed by atoms with Gasteiger partial charge in [-0.05, 0) is 52.4 Å². The van der Waals surface area contributed by atoms with Crippen molar-refractivity contribution in [3.63, 3.8) is 0 Å². The largest absolute Gasteiger partial charge is 0.310 e. The van der Waals surface area contributed by atoms with Crippen LogP contribution in [0.15, 0.2) is 28.2 Å². The molecule has 1 aromatic rings. The fourth-order valence-corrected chi connectivity index (χ4v) is 2.03. The highest BCUT2D eigenvalue weighted by Gasteiger charge is 2.20. The minimum atomic E-state index is -0.206. The van der Waals surface area contributed by atoms with Gasteiger partial charge < -0.3 is 5.32 Å². The minimum Gasteiger partial charge on any atom is -0.310 e. The second kappa shape index (κ2) is 5.98. The summed E-state index contributed by atoms with van der Waals surface area (Å²) in [6.07, 6.45) is 4.67. The maximum atomic E-state index is 13.5. The lowest BCUT2D eigenvalue weighted by molar-refractivity contribution is 0.620. The van der Waals surface area contributed by atoms with E-state index in [4.69, 9.17) is 0 Å². The molecule has 0 heterocycles. The molecular weight excluding hydrogens is 293 g/mol. The van der Waals surface area contributed by atoms with Gasteiger partial charge >= 0.3 is 0 Å². The van der Waals surface area contributed by atoms with Crippen LogP contribution in [0.5, 0.6) is 0 Å². The average molecular weight is 312 g/mol. The molecule has 0 radical (unpaired) electrons. The topological polar surface area (TPSA) is 12.0 Å². The van der Waals surface area contributed by atoms with Crippen LogP contribution in [-0.2, 0) is 0 Å². The van der Waals surface area contributed by atoms with Gasteiger partial charge in [-0.25, -0.2) is 4.39 Å². The van der Waals surface area contributed by atoms with Gasteiger partial charge in [-0.3, -0.25) is 0 Å². The van der Waals surface area contributed by atoms with Crippen molar-refractivity contribution in [2.45, 2.75) is 32.7 Å². The van der Waals surface area contributed by atoms with Crippen LogP contribution in [0.25, 0.3) is 6.08 Å². The van der Waals surface area contributed by atoms with Gasteiger partial charge in [-0.15, -0.1) is 0 Å². The van der Waals surface area contributed by atoms with Crippen molar-refractivity contribution in [2.24, 2.45) is 5.92 Å². The number of benzene rings is 1. The first kappa shape index (κ1) is 13.8. The second-order valence-corrected chi connectivity index (χ2v) is 6.06. The zero-order valence-electron chi connectivity index (χ0n) is 10.8. The molecule has 1 aliphatic carbocycles. The van der Waals surface area contributed by atoms with Crippen LogP contribution in [0.1, 0.15) is 32.3 Å². The fourth-order valence-electron chi connectivity index (χ4n) is 1.79. The molecule has 18 heavy (non-hydrogen) atoms. The molecule has 0 unspecified atom stereocenters. The number of halogens is 2. The molecule has 1 nitrogen and oxygen atoms in total. The monoisotopic (exact) mass is 311 g/mol. The van der Waals surface area contributed by atoms with E-state index in [-0.39, 0.29) is 5.82 Å². The van der Waals surface area contributed by atoms with Crippen LogP contribution in [0.3, 0.4) is 0 Å². The van der Waals surface area contributed by atoms with E-state index >= 15 is 0 Å². The van der Waals surface area contributed by atoms with Gasteiger partial charge in [-0.1, -0.05) is 31.6 Å². The first-order valence-corrected chi connectivity index (χ1v) is 7.24. The van der Waals surface area contributed by atoms with E-state index in [1.807, 2.05) is 6.07 Å². The summed E-state index contributed by atoms with van der Waals surface area (Å²) in [6.45, 7) is 5.26. The van der Waals surface area contributed by atoms with Crippen LogP contribution in [0, 0.1) is 11.7 Å². The van der Waals surface area contributed by atoms with Crippen LogP contribution < -0.4 is 5.32 Å². The first-order valence-electron chi connectivity index (χ1n) is 6.45. The molecule has 1 aliphatic rings. The molecule has 0 aromatic heterocycles. The van der Waals surface area contributed by atoms with E-state index in [0.29, 0.717) is 16.4 Å². The molecular formula is C15H19BrFN. The molecule has 0 bridgehead atoms. The van der Waals surface area contributed by atoms with E-state index < -0.39 is 0 Å². The molecule has 2 rings (SSSR count). The van der Waals surface area contributed by atoms with E-state index in [1.54, 1.807) is 12.1 Å². The van der Waals surface area contributed by atoms with Gasteiger partial charge in [0, 0.05) is 12.6 Å². The van der Waals surface area contributed by atoms with E-state index in [2.05, 4.69) is 41.2 Å². The molecule has 0 amide bonds. The van der Waals surface area contributed by atoms with Crippen molar-refractivity contribution >= 4 is 22.0 Å². The van der Waals surface area contributed by atoms with Crippen molar-refractivity contribution in [3.8, 4) is 0 Å². The van der Waals surface area contributed by atoms with Gasteiger partial charge in [0.2, 0.25) is 0 Å². The summed E-state index contributed by atoms with van der Waals surface area (Å²) in [4.78, 5) is 0. The zero-order valence-corrected chi connectivity index (χ0v) is 12.4. The van der Waals surface area contributed by atoms with Gasteiger partial charge in [-0.2, -0.15) is 0 Å². The lowest BCUT2D eigenvalue weighted by Gasteiger charge is -2.12. The smallest absolute Gasteiger partial charge is 0.137 e. The predicted octanol–water partition coefficient (Wildman–Crippen LogP) is 4.38. The van der Waals surface area contributed by atoms with E-state index in [9.17, 15) is 4.39 Å². The van der Waals surface area contributed by atoms with Crippen molar-refractivity contribution in [1.29, 1.82) is 0 Å². The Morgan fingerprint density at radius 1 is 1.50 bits per heavy atom. The number of hydrogen-bond acceptors (Lipinski definition) is 1. The summed E-state index contributed by atoms with van der Waals surface area (Å²) in [5.41, 5.74) is 2.25. The number of rotatable bonds is 5. The molecule has 0 spiro atoms. The molecule has 3 heteroatoms. The molecule has 0 atom stereocenters. The van der Waals surface area contributed by atoms with Crippen molar-refractivity contribution < 1.29 is 4.39 Å². The van der Waals surface area contributed by atoms with E-state index in [0.717, 1.165) is 12.1 Å². The average Bonchev–Trinajstić information content (AvgIpc) is 3.12. The summed E-state index contributed by atoms with van der Waals surface area (Å²) in [5, 5.41) is 3.51. The third-order valence-corrected chi connectivity index (χ3v) is 3.85. The Kier molecular flexibility index (Phi) is 4.57. The van der Waals surface area contributed by atoms with Gasteiger partial charge in [0.1, 0.15) is 5.82 Å². The van der Waals surface area contributed by atoms with Crippen molar-refractivity contribution in [1.82, 2.24) is 5.32 Å². The lowest BCUT2D eigenvalue weighted by atomic mass is 10.00. The Hall–Kier alpha value is -0.670. The molecule has 0 aliphatic heterocycles. The normalized spacial score (nSPS) is 16.4. The van der Waals surface area contributed by atoms with Crippen LogP contribution in [0.2, 0.25) is 0 Å². The molecule has 1 fully saturated rings. The molecule has 1 N–H and O–H groups in total. The minimum absolute atomic E-state index is 0.206. The maximum Gasteiger partial charge on any atom is 0.137 e. The van der Waals surface area contributed by atoms with Crippen molar-refractivity contribution in [2.75, 3.05) is 6.54 Å². The predicted molar refractivity (Wildman–Crippen MR) is 77.9 cm³/mol. The van der Waals surface area contributed by atoms with Gasteiger partial charge in [0.15, 0.2) is 0 Å². The highest BCUT2D eigenvalue weighted by molar-refractivity contribution is 9.10. The molecule has 98 valence electrons. The SMILES string of the molecule is CC(C)/C(=C/c1ccc(Br)c(F)c1)CNC1CC1. The highest BCUT2D eigenvalue weighted by atomic mass is 79.9. The number of nitrogens with one attached hydrogen (secondary N) is 1. The van der Waals surface area contributed by atoms with Crippen LogP contribution in [0.4, 0.5) is 4.39 Å². The standard InChI is InChI=1S/C15H19BrFN/c1-10(2)12(9-18-13-4-5-13)7-11-3-6-14(16)15(17)8-11/h3,6-8,10,13,18H,4-5,9H2,1-2H3/b12-7+. The van der Waals surface area contributed by atoms with Crippen molar-refractivity contribution in [3.05, 3.63) is 39.6 Å². The molecule has 1 saturated carbocycles. The summed E-state index contributed by atoms with van der Waals surface area (Å²) < 4.78 is 14.0. The number of hydrogen-bond donors (Lipinski definition) is 1. The Labute approximate surface area is 117 Å². The summed E-state index contributed by atoms with van der Waals surface area (Å²) >= 11 is 3.17. The lowest BCUT2D eigenvalue weighted by Crippen LogP contribution is -2.21. The Morgan fingerprint density at radius 2 is 2.22 bits per heavy atom. The maximum absolute atomic E-state index is 13.5. The first-order chi connectivity index (χ1) is 8.56. The molecule has 1 aromatic carbocycles. The second-order valence-electron chi connectivity index (χ2n) is 5.20.